The fourth-order valence-corrected chi connectivity index (χ4v) is 2.00. The summed E-state index contributed by atoms with van der Waals surface area (Å²) in [6.07, 6.45) is 3.65. The number of hydrogen-bond donors (Lipinski definition) is 2. The molecular formula is C11H21NO3. The lowest BCUT2D eigenvalue weighted by Gasteiger charge is -2.30. The van der Waals surface area contributed by atoms with Gasteiger partial charge < -0.3 is 15.2 Å². The van der Waals surface area contributed by atoms with Gasteiger partial charge in [0, 0.05) is 12.6 Å². The summed E-state index contributed by atoms with van der Waals surface area (Å²) < 4.78 is 5.42. The molecule has 4 nitrogen and oxygen atoms in total. The van der Waals surface area contributed by atoms with E-state index < -0.39 is 12.0 Å². The predicted octanol–water partition coefficient (Wildman–Crippen LogP) is 1.40. The van der Waals surface area contributed by atoms with Gasteiger partial charge in [-0.1, -0.05) is 13.3 Å². The van der Waals surface area contributed by atoms with Gasteiger partial charge in [0.2, 0.25) is 0 Å². The van der Waals surface area contributed by atoms with Gasteiger partial charge in [-0.15, -0.1) is 0 Å². The highest BCUT2D eigenvalue weighted by atomic mass is 16.5. The Kier molecular flexibility index (Phi) is 5.05. The Balaban J connectivity index is 2.39. The molecule has 0 aromatic heterocycles. The molecule has 0 amide bonds. The van der Waals surface area contributed by atoms with Gasteiger partial charge in [-0.2, -0.15) is 0 Å². The Morgan fingerprint density at radius 1 is 1.67 bits per heavy atom. The lowest BCUT2D eigenvalue weighted by Crippen LogP contribution is -2.46. The van der Waals surface area contributed by atoms with Crippen LogP contribution in [0.2, 0.25) is 0 Å². The summed E-state index contributed by atoms with van der Waals surface area (Å²) in [5.41, 5.74) is 0. The van der Waals surface area contributed by atoms with Crippen molar-refractivity contribution in [3.8, 4) is 0 Å². The number of carboxylic acids is 1. The Bertz CT molecular complexity index is 208. The third kappa shape index (κ3) is 4.18. The molecule has 0 spiro atoms. The normalized spacial score (nSPS) is 28.7. The summed E-state index contributed by atoms with van der Waals surface area (Å²) in [6.45, 7) is 4.77. The van der Waals surface area contributed by atoms with E-state index in [-0.39, 0.29) is 6.10 Å². The van der Waals surface area contributed by atoms with E-state index in [1.54, 1.807) is 0 Å². The molecule has 3 unspecified atom stereocenters. The van der Waals surface area contributed by atoms with E-state index in [1.807, 2.05) is 13.8 Å². The van der Waals surface area contributed by atoms with Crippen LogP contribution < -0.4 is 5.32 Å². The summed E-state index contributed by atoms with van der Waals surface area (Å²) >= 11 is 0. The Hall–Kier alpha value is -0.610. The molecule has 1 rings (SSSR count). The largest absolute Gasteiger partial charge is 0.480 e. The zero-order chi connectivity index (χ0) is 11.3. The lowest BCUT2D eigenvalue weighted by molar-refractivity contribution is -0.140. The Labute approximate surface area is 91.0 Å². The second kappa shape index (κ2) is 6.08. The number of hydrogen-bond acceptors (Lipinski definition) is 3. The van der Waals surface area contributed by atoms with E-state index >= 15 is 0 Å². The molecule has 0 radical (unpaired) electrons. The molecule has 88 valence electrons. The smallest absolute Gasteiger partial charge is 0.320 e. The standard InChI is InChI=1S/C11H21NO3/c1-3-4-10(11(13)14)12-9-5-6-15-8(2)7-9/h8-10,12H,3-7H2,1-2H3,(H,13,14). The molecule has 1 saturated heterocycles. The average Bonchev–Trinajstić information content (AvgIpc) is 2.17. The van der Waals surface area contributed by atoms with Crippen LogP contribution in [-0.2, 0) is 9.53 Å². The first-order valence-electron chi connectivity index (χ1n) is 5.74. The van der Waals surface area contributed by atoms with Crippen LogP contribution in [0.5, 0.6) is 0 Å². The summed E-state index contributed by atoms with van der Waals surface area (Å²) in [7, 11) is 0. The minimum Gasteiger partial charge on any atom is -0.480 e. The van der Waals surface area contributed by atoms with Gasteiger partial charge in [0.05, 0.1) is 6.10 Å². The van der Waals surface area contributed by atoms with E-state index in [0.717, 1.165) is 25.9 Å². The van der Waals surface area contributed by atoms with Crippen LogP contribution in [0.1, 0.15) is 39.5 Å². The molecule has 0 aromatic rings. The third-order valence-electron chi connectivity index (χ3n) is 2.80. The molecule has 2 N–H and O–H groups in total. The molecule has 1 fully saturated rings. The third-order valence-corrected chi connectivity index (χ3v) is 2.80. The number of ether oxygens (including phenoxy) is 1. The van der Waals surface area contributed by atoms with Gasteiger partial charge in [0.15, 0.2) is 0 Å². The van der Waals surface area contributed by atoms with Crippen molar-refractivity contribution in [3.05, 3.63) is 0 Å². The number of nitrogens with one attached hydrogen (secondary N) is 1. The first-order valence-corrected chi connectivity index (χ1v) is 5.74. The SMILES string of the molecule is CCCC(NC1CCOC(C)C1)C(=O)O. The van der Waals surface area contributed by atoms with Crippen molar-refractivity contribution < 1.29 is 14.6 Å². The van der Waals surface area contributed by atoms with Crippen LogP contribution in [0.25, 0.3) is 0 Å². The minimum atomic E-state index is -0.740. The van der Waals surface area contributed by atoms with Crippen LogP contribution in [-0.4, -0.2) is 35.9 Å². The molecule has 3 atom stereocenters. The second-order valence-electron chi connectivity index (χ2n) is 4.25. The van der Waals surface area contributed by atoms with Crippen LogP contribution in [0.3, 0.4) is 0 Å². The van der Waals surface area contributed by atoms with E-state index in [0.29, 0.717) is 12.5 Å². The quantitative estimate of drug-likeness (QED) is 0.727. The van der Waals surface area contributed by atoms with E-state index in [2.05, 4.69) is 5.32 Å². The predicted molar refractivity (Wildman–Crippen MR) is 57.9 cm³/mol. The van der Waals surface area contributed by atoms with Gasteiger partial charge in [0.25, 0.3) is 0 Å². The summed E-state index contributed by atoms with van der Waals surface area (Å²) in [4.78, 5) is 11.0. The molecule has 1 aliphatic rings. The molecule has 1 aliphatic heterocycles. The number of rotatable bonds is 5. The van der Waals surface area contributed by atoms with Gasteiger partial charge in [-0.3, -0.25) is 4.79 Å². The maximum atomic E-state index is 11.0. The van der Waals surface area contributed by atoms with E-state index in [4.69, 9.17) is 9.84 Å². The number of carboxylic acid groups (broad SMARTS) is 1. The first kappa shape index (κ1) is 12.5. The van der Waals surface area contributed by atoms with Crippen molar-refractivity contribution in [2.45, 2.75) is 57.7 Å². The number of carbonyl (C=O) groups is 1. The number of aliphatic carboxylic acids is 1. The van der Waals surface area contributed by atoms with E-state index in [1.165, 1.54) is 0 Å². The molecule has 4 heteroatoms. The molecule has 0 bridgehead atoms. The van der Waals surface area contributed by atoms with Crippen molar-refractivity contribution in [3.63, 3.8) is 0 Å². The fraction of sp³-hybridized carbons (Fsp3) is 0.909. The van der Waals surface area contributed by atoms with Crippen LogP contribution in [0.4, 0.5) is 0 Å². The highest BCUT2D eigenvalue weighted by molar-refractivity contribution is 5.73. The van der Waals surface area contributed by atoms with Gasteiger partial charge in [0.1, 0.15) is 6.04 Å². The highest BCUT2D eigenvalue weighted by Crippen LogP contribution is 2.14. The summed E-state index contributed by atoms with van der Waals surface area (Å²) in [5.74, 6) is -0.740. The average molecular weight is 215 g/mol. The zero-order valence-corrected chi connectivity index (χ0v) is 9.53. The minimum absolute atomic E-state index is 0.243. The van der Waals surface area contributed by atoms with Crippen LogP contribution >= 0.6 is 0 Å². The van der Waals surface area contributed by atoms with Crippen molar-refractivity contribution in [2.24, 2.45) is 0 Å². The topological polar surface area (TPSA) is 58.6 Å². The summed E-state index contributed by atoms with van der Waals surface area (Å²) in [5, 5.41) is 12.2. The summed E-state index contributed by atoms with van der Waals surface area (Å²) in [6, 6.07) is -0.105. The van der Waals surface area contributed by atoms with Gasteiger partial charge >= 0.3 is 5.97 Å². The van der Waals surface area contributed by atoms with Crippen molar-refractivity contribution in [1.82, 2.24) is 5.32 Å². The maximum absolute atomic E-state index is 11.0. The van der Waals surface area contributed by atoms with Gasteiger partial charge in [-0.05, 0) is 26.2 Å². The molecule has 15 heavy (non-hydrogen) atoms. The maximum Gasteiger partial charge on any atom is 0.320 e. The monoisotopic (exact) mass is 215 g/mol. The van der Waals surface area contributed by atoms with Crippen molar-refractivity contribution in [2.75, 3.05) is 6.61 Å². The van der Waals surface area contributed by atoms with Crippen molar-refractivity contribution >= 4 is 5.97 Å². The molecule has 0 aromatic carbocycles. The van der Waals surface area contributed by atoms with Crippen molar-refractivity contribution in [1.29, 1.82) is 0 Å². The first-order chi connectivity index (χ1) is 7.13. The zero-order valence-electron chi connectivity index (χ0n) is 9.53. The van der Waals surface area contributed by atoms with Crippen LogP contribution in [0.15, 0.2) is 0 Å². The fourth-order valence-electron chi connectivity index (χ4n) is 2.00. The highest BCUT2D eigenvalue weighted by Gasteiger charge is 2.24. The lowest BCUT2D eigenvalue weighted by atomic mass is 10.0. The van der Waals surface area contributed by atoms with E-state index in [9.17, 15) is 4.79 Å². The molecular weight excluding hydrogens is 194 g/mol. The molecule has 0 saturated carbocycles. The second-order valence-corrected chi connectivity index (χ2v) is 4.25. The Morgan fingerprint density at radius 3 is 2.93 bits per heavy atom. The van der Waals surface area contributed by atoms with Gasteiger partial charge in [-0.25, -0.2) is 0 Å². The van der Waals surface area contributed by atoms with Crippen LogP contribution in [0, 0.1) is 0 Å². The molecule has 0 aliphatic carbocycles. The molecule has 1 heterocycles. The Morgan fingerprint density at radius 2 is 2.40 bits per heavy atom.